The van der Waals surface area contributed by atoms with Gasteiger partial charge in [0.05, 0.1) is 18.8 Å². The Balaban J connectivity index is 3.34. The molecule has 0 saturated carbocycles. The lowest BCUT2D eigenvalue weighted by Crippen LogP contribution is -2.24. The summed E-state index contributed by atoms with van der Waals surface area (Å²) < 4.78 is 16.7. The molecule has 0 spiro atoms. The fourth-order valence-corrected chi connectivity index (χ4v) is 3.75. The molecule has 32 heavy (non-hydrogen) atoms. The van der Waals surface area contributed by atoms with E-state index >= 15 is 0 Å². The molecule has 0 radical (unpaired) electrons. The molecule has 0 heterocycles. The van der Waals surface area contributed by atoms with Crippen molar-refractivity contribution in [3.05, 3.63) is 0 Å². The standard InChI is InChI=1S/C28H56O4/c1-5-7-9-10-11-12-13-14-15-16-17-18-19-20-21-22-28(29)32-25-27(4)31-24-26(3)30-23-8-6-2/h26-27H,5-25H2,1-4H3. The van der Waals surface area contributed by atoms with Crippen molar-refractivity contribution in [3.8, 4) is 0 Å². The van der Waals surface area contributed by atoms with Crippen molar-refractivity contribution in [3.63, 3.8) is 0 Å². The maximum Gasteiger partial charge on any atom is 0.305 e. The highest BCUT2D eigenvalue weighted by Gasteiger charge is 2.10. The van der Waals surface area contributed by atoms with Gasteiger partial charge >= 0.3 is 5.97 Å². The van der Waals surface area contributed by atoms with Crippen molar-refractivity contribution in [2.24, 2.45) is 0 Å². The summed E-state index contributed by atoms with van der Waals surface area (Å²) in [5, 5.41) is 0. The van der Waals surface area contributed by atoms with Gasteiger partial charge in [0.15, 0.2) is 0 Å². The number of hydrogen-bond acceptors (Lipinski definition) is 4. The average molecular weight is 457 g/mol. The molecular formula is C28H56O4. The fourth-order valence-electron chi connectivity index (χ4n) is 3.75. The van der Waals surface area contributed by atoms with E-state index in [1.807, 2.05) is 13.8 Å². The lowest BCUT2D eigenvalue weighted by molar-refractivity contribution is -0.148. The minimum Gasteiger partial charge on any atom is -0.463 e. The Morgan fingerprint density at radius 3 is 1.50 bits per heavy atom. The van der Waals surface area contributed by atoms with E-state index in [1.165, 1.54) is 83.5 Å². The number of ether oxygens (including phenoxy) is 3. The van der Waals surface area contributed by atoms with Gasteiger partial charge < -0.3 is 14.2 Å². The molecule has 0 fully saturated rings. The van der Waals surface area contributed by atoms with Crippen molar-refractivity contribution in [1.29, 1.82) is 0 Å². The molecule has 0 bridgehead atoms. The summed E-state index contributed by atoms with van der Waals surface area (Å²) >= 11 is 0. The Morgan fingerprint density at radius 2 is 1.00 bits per heavy atom. The number of hydrogen-bond donors (Lipinski definition) is 0. The summed E-state index contributed by atoms with van der Waals surface area (Å²) in [7, 11) is 0. The van der Waals surface area contributed by atoms with Crippen LogP contribution >= 0.6 is 0 Å². The molecule has 192 valence electrons. The number of carbonyl (C=O) groups is 1. The Bertz CT molecular complexity index is 386. The molecule has 0 rings (SSSR count). The van der Waals surface area contributed by atoms with Crippen LogP contribution in [0.1, 0.15) is 143 Å². The highest BCUT2D eigenvalue weighted by molar-refractivity contribution is 5.69. The molecule has 2 unspecified atom stereocenters. The van der Waals surface area contributed by atoms with Crippen molar-refractivity contribution in [1.82, 2.24) is 0 Å². The van der Waals surface area contributed by atoms with Crippen LogP contribution in [0.3, 0.4) is 0 Å². The summed E-state index contributed by atoms with van der Waals surface area (Å²) in [5.74, 6) is -0.0950. The highest BCUT2D eigenvalue weighted by Crippen LogP contribution is 2.14. The van der Waals surface area contributed by atoms with E-state index in [9.17, 15) is 4.79 Å². The van der Waals surface area contributed by atoms with Crippen LogP contribution in [0.4, 0.5) is 0 Å². The van der Waals surface area contributed by atoms with Gasteiger partial charge in [0.1, 0.15) is 6.61 Å². The lowest BCUT2D eigenvalue weighted by Gasteiger charge is -2.17. The van der Waals surface area contributed by atoms with Gasteiger partial charge in [0.25, 0.3) is 0 Å². The van der Waals surface area contributed by atoms with Gasteiger partial charge in [0, 0.05) is 13.0 Å². The average Bonchev–Trinajstić information content (AvgIpc) is 2.79. The first kappa shape index (κ1) is 31.4. The third kappa shape index (κ3) is 24.0. The number of rotatable bonds is 25. The molecule has 0 aromatic carbocycles. The SMILES string of the molecule is CCCCCCCCCCCCCCCCCC(=O)OCC(C)OCC(C)OCCCC. The van der Waals surface area contributed by atoms with Gasteiger partial charge in [-0.1, -0.05) is 110 Å². The van der Waals surface area contributed by atoms with E-state index in [0.717, 1.165) is 32.3 Å². The predicted octanol–water partition coefficient (Wildman–Crippen LogP) is 8.40. The molecule has 4 nitrogen and oxygen atoms in total. The first-order valence-electron chi connectivity index (χ1n) is 14.0. The van der Waals surface area contributed by atoms with Crippen molar-refractivity contribution in [2.45, 2.75) is 155 Å². The summed E-state index contributed by atoms with van der Waals surface area (Å²) in [5.41, 5.74) is 0. The predicted molar refractivity (Wildman–Crippen MR) is 136 cm³/mol. The Labute approximate surface area is 200 Å². The molecule has 0 aromatic rings. The van der Waals surface area contributed by atoms with Gasteiger partial charge in [0.2, 0.25) is 0 Å². The van der Waals surface area contributed by atoms with Gasteiger partial charge in [-0.2, -0.15) is 0 Å². The fraction of sp³-hybridized carbons (Fsp3) is 0.964. The maximum absolute atomic E-state index is 11.9. The molecule has 0 aliphatic rings. The zero-order chi connectivity index (χ0) is 23.7. The third-order valence-electron chi connectivity index (χ3n) is 5.98. The van der Waals surface area contributed by atoms with Crippen molar-refractivity contribution >= 4 is 5.97 Å². The normalized spacial score (nSPS) is 13.2. The molecule has 0 amide bonds. The van der Waals surface area contributed by atoms with E-state index in [2.05, 4.69) is 13.8 Å². The van der Waals surface area contributed by atoms with E-state index in [4.69, 9.17) is 14.2 Å². The summed E-state index contributed by atoms with van der Waals surface area (Å²) in [6.45, 7) is 10.1. The van der Waals surface area contributed by atoms with Crippen LogP contribution in [-0.2, 0) is 19.0 Å². The van der Waals surface area contributed by atoms with Crippen molar-refractivity contribution < 1.29 is 19.0 Å². The second-order valence-corrected chi connectivity index (χ2v) is 9.56. The third-order valence-corrected chi connectivity index (χ3v) is 5.98. The summed E-state index contributed by atoms with van der Waals surface area (Å²) in [4.78, 5) is 11.9. The molecule has 0 N–H and O–H groups in total. The molecule has 0 aliphatic carbocycles. The molecular weight excluding hydrogens is 400 g/mol. The van der Waals surface area contributed by atoms with E-state index in [1.54, 1.807) is 0 Å². The smallest absolute Gasteiger partial charge is 0.305 e. The van der Waals surface area contributed by atoms with E-state index < -0.39 is 0 Å². The minimum absolute atomic E-state index is 0.0834. The van der Waals surface area contributed by atoms with Crippen LogP contribution in [-0.4, -0.2) is 38.0 Å². The first-order chi connectivity index (χ1) is 15.6. The second kappa shape index (κ2) is 25.0. The van der Waals surface area contributed by atoms with E-state index in [0.29, 0.717) is 19.6 Å². The van der Waals surface area contributed by atoms with Crippen LogP contribution in [0, 0.1) is 0 Å². The van der Waals surface area contributed by atoms with Crippen LogP contribution in [0.2, 0.25) is 0 Å². The van der Waals surface area contributed by atoms with Gasteiger partial charge in [-0.15, -0.1) is 0 Å². The molecule has 0 aromatic heterocycles. The van der Waals surface area contributed by atoms with Gasteiger partial charge in [-0.05, 0) is 26.7 Å². The molecule has 0 aliphatic heterocycles. The monoisotopic (exact) mass is 456 g/mol. The van der Waals surface area contributed by atoms with Crippen LogP contribution in [0.25, 0.3) is 0 Å². The Hall–Kier alpha value is -0.610. The lowest BCUT2D eigenvalue weighted by atomic mass is 10.0. The van der Waals surface area contributed by atoms with E-state index in [-0.39, 0.29) is 18.2 Å². The largest absolute Gasteiger partial charge is 0.463 e. The van der Waals surface area contributed by atoms with Crippen LogP contribution in [0.15, 0.2) is 0 Å². The topological polar surface area (TPSA) is 44.8 Å². The van der Waals surface area contributed by atoms with Crippen LogP contribution < -0.4 is 0 Å². The second-order valence-electron chi connectivity index (χ2n) is 9.56. The summed E-state index contributed by atoms with van der Waals surface area (Å²) in [6.07, 6.45) is 22.8. The number of carbonyl (C=O) groups excluding carboxylic acids is 1. The zero-order valence-corrected chi connectivity index (χ0v) is 22.1. The van der Waals surface area contributed by atoms with Gasteiger partial charge in [-0.3, -0.25) is 4.79 Å². The quantitative estimate of drug-likeness (QED) is 0.102. The maximum atomic E-state index is 11.9. The summed E-state index contributed by atoms with van der Waals surface area (Å²) in [6, 6.07) is 0. The van der Waals surface area contributed by atoms with Crippen LogP contribution in [0.5, 0.6) is 0 Å². The first-order valence-corrected chi connectivity index (χ1v) is 14.0. The van der Waals surface area contributed by atoms with Crippen molar-refractivity contribution in [2.75, 3.05) is 19.8 Å². The Morgan fingerprint density at radius 1 is 0.562 bits per heavy atom. The number of esters is 1. The number of unbranched alkanes of at least 4 members (excludes halogenated alkanes) is 15. The van der Waals surface area contributed by atoms with Gasteiger partial charge in [-0.25, -0.2) is 0 Å². The highest BCUT2D eigenvalue weighted by atomic mass is 16.6. The molecule has 2 atom stereocenters. The Kier molecular flexibility index (Phi) is 24.5. The zero-order valence-electron chi connectivity index (χ0n) is 22.1. The molecule has 4 heteroatoms. The molecule has 0 saturated heterocycles. The minimum atomic E-state index is -0.0950.